The van der Waals surface area contributed by atoms with Crippen LogP contribution in [0.1, 0.15) is 101 Å². The summed E-state index contributed by atoms with van der Waals surface area (Å²) in [5, 5.41) is 2.11. The third kappa shape index (κ3) is 8.51. The summed E-state index contributed by atoms with van der Waals surface area (Å²) in [6, 6.07) is 14.5. The molecule has 0 aliphatic carbocycles. The van der Waals surface area contributed by atoms with Crippen LogP contribution < -0.4 is 0 Å². The van der Waals surface area contributed by atoms with Crippen molar-refractivity contribution in [2.45, 2.75) is 95.8 Å². The highest BCUT2D eigenvalue weighted by molar-refractivity contribution is 6.22. The lowest BCUT2D eigenvalue weighted by Gasteiger charge is -2.19. The highest BCUT2D eigenvalue weighted by Gasteiger charge is 2.21. The first-order valence-electron chi connectivity index (χ1n) is 11.8. The first-order chi connectivity index (χ1) is 14.3. The van der Waals surface area contributed by atoms with Crippen molar-refractivity contribution in [2.24, 2.45) is 5.92 Å². The molecule has 160 valence electrons. The van der Waals surface area contributed by atoms with Gasteiger partial charge in [0.05, 0.1) is 5.38 Å². The van der Waals surface area contributed by atoms with E-state index in [0.717, 1.165) is 30.1 Å². The molecule has 0 fully saturated rings. The lowest BCUT2D eigenvalue weighted by molar-refractivity contribution is -0.111. The molecule has 0 N–H and O–H groups in total. The van der Waals surface area contributed by atoms with Crippen LogP contribution in [0.2, 0.25) is 0 Å². The third-order valence-electron chi connectivity index (χ3n) is 6.06. The summed E-state index contributed by atoms with van der Waals surface area (Å²) in [6.45, 7) is 2.27. The van der Waals surface area contributed by atoms with Gasteiger partial charge in [0.1, 0.15) is 6.29 Å². The maximum Gasteiger partial charge on any atom is 0.124 e. The van der Waals surface area contributed by atoms with E-state index in [1.54, 1.807) is 0 Å². The van der Waals surface area contributed by atoms with Gasteiger partial charge in [-0.3, -0.25) is 0 Å². The number of halogens is 1. The molecular weight excluding hydrogens is 376 g/mol. The van der Waals surface area contributed by atoms with Crippen molar-refractivity contribution in [1.82, 2.24) is 0 Å². The van der Waals surface area contributed by atoms with Gasteiger partial charge in [-0.25, -0.2) is 0 Å². The van der Waals surface area contributed by atoms with Crippen LogP contribution in [0.15, 0.2) is 42.5 Å². The fourth-order valence-corrected chi connectivity index (χ4v) is 4.60. The van der Waals surface area contributed by atoms with Gasteiger partial charge in [-0.2, -0.15) is 0 Å². The minimum absolute atomic E-state index is 0.106. The van der Waals surface area contributed by atoms with Crippen molar-refractivity contribution in [3.63, 3.8) is 0 Å². The standard InChI is InChI=1S/C27H39ClO/c1-2-3-4-5-6-7-8-9-10-11-12-13-18-24(22-29)27(28)26-21-16-19-23-17-14-15-20-25(23)26/h14-17,19-22,24,27H,2-13,18H2,1H3. The maximum atomic E-state index is 11.7. The summed E-state index contributed by atoms with van der Waals surface area (Å²) in [6.07, 6.45) is 18.0. The Balaban J connectivity index is 1.63. The number of hydrogen-bond donors (Lipinski definition) is 0. The van der Waals surface area contributed by atoms with Gasteiger partial charge in [-0.1, -0.05) is 126 Å². The Morgan fingerprint density at radius 3 is 1.93 bits per heavy atom. The van der Waals surface area contributed by atoms with Crippen molar-refractivity contribution in [3.8, 4) is 0 Å². The Kier molecular flexibility index (Phi) is 12.1. The maximum absolute atomic E-state index is 11.7. The number of alkyl halides is 1. The van der Waals surface area contributed by atoms with Crippen molar-refractivity contribution in [1.29, 1.82) is 0 Å². The molecule has 0 aromatic heterocycles. The van der Waals surface area contributed by atoms with Crippen molar-refractivity contribution < 1.29 is 4.79 Å². The number of benzene rings is 2. The Labute approximate surface area is 183 Å². The molecule has 2 unspecified atom stereocenters. The second-order valence-corrected chi connectivity index (χ2v) is 8.92. The van der Waals surface area contributed by atoms with E-state index in [1.165, 1.54) is 76.0 Å². The number of fused-ring (bicyclic) bond motifs is 1. The second kappa shape index (κ2) is 14.6. The van der Waals surface area contributed by atoms with E-state index in [4.69, 9.17) is 11.6 Å². The normalized spacial score (nSPS) is 13.4. The summed E-state index contributed by atoms with van der Waals surface area (Å²) < 4.78 is 0. The number of aldehydes is 1. The van der Waals surface area contributed by atoms with Gasteiger partial charge in [-0.05, 0) is 22.8 Å². The van der Waals surface area contributed by atoms with Gasteiger partial charge in [0.15, 0.2) is 0 Å². The minimum atomic E-state index is -0.244. The smallest absolute Gasteiger partial charge is 0.124 e. The molecule has 2 aromatic rings. The lowest BCUT2D eigenvalue weighted by atomic mass is 9.91. The molecule has 0 heterocycles. The van der Waals surface area contributed by atoms with E-state index in [-0.39, 0.29) is 11.3 Å². The monoisotopic (exact) mass is 414 g/mol. The molecule has 2 aromatic carbocycles. The fourth-order valence-electron chi connectivity index (χ4n) is 4.23. The van der Waals surface area contributed by atoms with Crippen LogP contribution in [-0.4, -0.2) is 6.29 Å². The number of rotatable bonds is 16. The van der Waals surface area contributed by atoms with Crippen molar-refractivity contribution >= 4 is 28.7 Å². The molecule has 0 aliphatic rings. The van der Waals surface area contributed by atoms with E-state index < -0.39 is 0 Å². The van der Waals surface area contributed by atoms with Gasteiger partial charge < -0.3 is 4.79 Å². The zero-order valence-electron chi connectivity index (χ0n) is 18.3. The summed E-state index contributed by atoms with van der Waals surface area (Å²) in [7, 11) is 0. The average Bonchev–Trinajstić information content (AvgIpc) is 2.76. The van der Waals surface area contributed by atoms with Crippen LogP contribution in [-0.2, 0) is 4.79 Å². The van der Waals surface area contributed by atoms with Crippen molar-refractivity contribution in [3.05, 3.63) is 48.0 Å². The quantitative estimate of drug-likeness (QED) is 0.152. The molecular formula is C27H39ClO. The Morgan fingerprint density at radius 2 is 1.31 bits per heavy atom. The lowest BCUT2D eigenvalue weighted by Crippen LogP contribution is -2.10. The van der Waals surface area contributed by atoms with Gasteiger partial charge in [0, 0.05) is 5.92 Å². The molecule has 1 nitrogen and oxygen atoms in total. The molecule has 2 rings (SSSR count). The molecule has 2 atom stereocenters. The minimum Gasteiger partial charge on any atom is -0.303 e. The second-order valence-electron chi connectivity index (χ2n) is 8.45. The SMILES string of the molecule is CCCCCCCCCCCCCCC(C=O)C(Cl)c1cccc2ccccc12. The van der Waals surface area contributed by atoms with E-state index in [2.05, 4.69) is 31.2 Å². The molecule has 0 spiro atoms. The highest BCUT2D eigenvalue weighted by atomic mass is 35.5. The van der Waals surface area contributed by atoms with Crippen LogP contribution in [0, 0.1) is 5.92 Å². The highest BCUT2D eigenvalue weighted by Crippen LogP contribution is 2.35. The van der Waals surface area contributed by atoms with Crippen LogP contribution >= 0.6 is 11.6 Å². The molecule has 0 bridgehead atoms. The van der Waals surface area contributed by atoms with Gasteiger partial charge in [0.2, 0.25) is 0 Å². The number of carbonyl (C=O) groups excluding carboxylic acids is 1. The summed E-state index contributed by atoms with van der Waals surface area (Å²) in [5.41, 5.74) is 1.08. The molecule has 29 heavy (non-hydrogen) atoms. The van der Waals surface area contributed by atoms with Gasteiger partial charge in [0.25, 0.3) is 0 Å². The molecule has 0 saturated carbocycles. The van der Waals surface area contributed by atoms with Crippen LogP contribution in [0.5, 0.6) is 0 Å². The van der Waals surface area contributed by atoms with Crippen LogP contribution in [0.4, 0.5) is 0 Å². The first kappa shape index (κ1) is 23.9. The van der Waals surface area contributed by atoms with E-state index in [0.29, 0.717) is 0 Å². The van der Waals surface area contributed by atoms with Crippen molar-refractivity contribution in [2.75, 3.05) is 0 Å². The molecule has 0 aliphatic heterocycles. The summed E-state index contributed by atoms with van der Waals surface area (Å²) >= 11 is 6.76. The van der Waals surface area contributed by atoms with E-state index >= 15 is 0 Å². The third-order valence-corrected chi connectivity index (χ3v) is 6.62. The molecule has 0 saturated heterocycles. The predicted octanol–water partition coefficient (Wildman–Crippen LogP) is 9.03. The zero-order valence-corrected chi connectivity index (χ0v) is 19.0. The van der Waals surface area contributed by atoms with Gasteiger partial charge in [-0.15, -0.1) is 11.6 Å². The first-order valence-corrected chi connectivity index (χ1v) is 12.3. The summed E-state index contributed by atoms with van der Waals surface area (Å²) in [4.78, 5) is 11.7. The van der Waals surface area contributed by atoms with E-state index in [9.17, 15) is 4.79 Å². The Hall–Kier alpha value is -1.34. The average molecular weight is 415 g/mol. The molecule has 2 heteroatoms. The number of hydrogen-bond acceptors (Lipinski definition) is 1. The predicted molar refractivity (Wildman–Crippen MR) is 128 cm³/mol. The summed E-state index contributed by atoms with van der Waals surface area (Å²) in [5.74, 6) is -0.106. The Morgan fingerprint density at radius 1 is 0.759 bits per heavy atom. The number of carbonyl (C=O) groups is 1. The topological polar surface area (TPSA) is 17.1 Å². The molecule has 0 amide bonds. The molecule has 0 radical (unpaired) electrons. The number of unbranched alkanes of at least 4 members (excludes halogenated alkanes) is 11. The zero-order chi connectivity index (χ0) is 20.7. The fraction of sp³-hybridized carbons (Fsp3) is 0.593. The Bertz CT molecular complexity index is 691. The van der Waals surface area contributed by atoms with Gasteiger partial charge >= 0.3 is 0 Å². The van der Waals surface area contributed by atoms with Crippen LogP contribution in [0.3, 0.4) is 0 Å². The van der Waals surface area contributed by atoms with E-state index in [1.807, 2.05) is 18.2 Å². The van der Waals surface area contributed by atoms with Crippen LogP contribution in [0.25, 0.3) is 10.8 Å². The largest absolute Gasteiger partial charge is 0.303 e.